The molecule has 1 heterocycles. The molecular weight excluding hydrogens is 356 g/mol. The Balaban J connectivity index is 0.00000225. The van der Waals surface area contributed by atoms with E-state index in [1.165, 1.54) is 0 Å². The second-order valence-corrected chi connectivity index (χ2v) is 8.55. The van der Waals surface area contributed by atoms with Gasteiger partial charge in [-0.25, -0.2) is 13.1 Å². The number of halogens is 1. The SMILES string of the molecule is CC1(CNS(=O)(=O)c2cccc(-c3ccccc3)c2)CCNCC1.Cl. The van der Waals surface area contributed by atoms with Gasteiger partial charge in [0, 0.05) is 6.54 Å². The van der Waals surface area contributed by atoms with Crippen LogP contribution in [0, 0.1) is 5.41 Å². The van der Waals surface area contributed by atoms with Crippen LogP contribution in [-0.2, 0) is 10.0 Å². The highest BCUT2D eigenvalue weighted by Crippen LogP contribution is 2.28. The van der Waals surface area contributed by atoms with Gasteiger partial charge in [0.2, 0.25) is 10.0 Å². The molecule has 0 radical (unpaired) electrons. The van der Waals surface area contributed by atoms with Gasteiger partial charge >= 0.3 is 0 Å². The molecule has 0 saturated carbocycles. The maximum absolute atomic E-state index is 12.7. The van der Waals surface area contributed by atoms with Gasteiger partial charge in [-0.1, -0.05) is 49.4 Å². The Bertz CT molecular complexity index is 788. The van der Waals surface area contributed by atoms with Crippen molar-refractivity contribution < 1.29 is 8.42 Å². The molecule has 136 valence electrons. The Morgan fingerprint density at radius 3 is 2.32 bits per heavy atom. The van der Waals surface area contributed by atoms with Gasteiger partial charge in [0.1, 0.15) is 0 Å². The van der Waals surface area contributed by atoms with Crippen LogP contribution in [0.2, 0.25) is 0 Å². The third-order valence-electron chi connectivity index (χ3n) is 4.75. The molecule has 1 fully saturated rings. The molecule has 1 saturated heterocycles. The Labute approximate surface area is 156 Å². The topological polar surface area (TPSA) is 58.2 Å². The van der Waals surface area contributed by atoms with E-state index in [0.29, 0.717) is 11.4 Å². The van der Waals surface area contributed by atoms with Crippen molar-refractivity contribution in [2.75, 3.05) is 19.6 Å². The molecule has 2 aromatic carbocycles. The summed E-state index contributed by atoms with van der Waals surface area (Å²) in [6.07, 6.45) is 1.97. The molecule has 0 unspecified atom stereocenters. The number of rotatable bonds is 5. The van der Waals surface area contributed by atoms with Crippen molar-refractivity contribution in [1.82, 2.24) is 10.0 Å². The van der Waals surface area contributed by atoms with Crippen LogP contribution in [0.4, 0.5) is 0 Å². The first-order valence-corrected chi connectivity index (χ1v) is 9.83. The van der Waals surface area contributed by atoms with Crippen molar-refractivity contribution in [1.29, 1.82) is 0 Å². The predicted molar refractivity (Wildman–Crippen MR) is 105 cm³/mol. The van der Waals surface area contributed by atoms with E-state index >= 15 is 0 Å². The Morgan fingerprint density at radius 2 is 1.64 bits per heavy atom. The molecular formula is C19H25ClN2O2S. The first kappa shape index (κ1) is 19.9. The van der Waals surface area contributed by atoms with Crippen LogP contribution in [-0.4, -0.2) is 28.1 Å². The molecule has 0 atom stereocenters. The van der Waals surface area contributed by atoms with Crippen LogP contribution < -0.4 is 10.0 Å². The number of hydrogen-bond acceptors (Lipinski definition) is 3. The molecule has 0 amide bonds. The van der Waals surface area contributed by atoms with Crippen molar-refractivity contribution in [2.45, 2.75) is 24.7 Å². The van der Waals surface area contributed by atoms with E-state index in [0.717, 1.165) is 37.1 Å². The Morgan fingerprint density at radius 1 is 1.00 bits per heavy atom. The number of benzene rings is 2. The van der Waals surface area contributed by atoms with E-state index in [1.807, 2.05) is 36.4 Å². The Hall–Kier alpha value is -1.40. The predicted octanol–water partition coefficient (Wildman–Crippen LogP) is 3.44. The molecule has 0 spiro atoms. The number of nitrogens with one attached hydrogen (secondary N) is 2. The van der Waals surface area contributed by atoms with Crippen LogP contribution in [0.25, 0.3) is 11.1 Å². The zero-order valence-electron chi connectivity index (χ0n) is 14.4. The molecule has 2 aromatic rings. The van der Waals surface area contributed by atoms with E-state index in [1.54, 1.807) is 18.2 Å². The van der Waals surface area contributed by atoms with E-state index in [9.17, 15) is 8.42 Å². The van der Waals surface area contributed by atoms with Gasteiger partial charge in [-0.05, 0) is 54.6 Å². The number of hydrogen-bond donors (Lipinski definition) is 2. The second-order valence-electron chi connectivity index (χ2n) is 6.78. The molecule has 0 aliphatic carbocycles. The maximum atomic E-state index is 12.7. The van der Waals surface area contributed by atoms with Gasteiger partial charge in [-0.15, -0.1) is 12.4 Å². The summed E-state index contributed by atoms with van der Waals surface area (Å²) in [4.78, 5) is 0.321. The summed E-state index contributed by atoms with van der Waals surface area (Å²) in [5.74, 6) is 0. The number of sulfonamides is 1. The molecule has 0 aromatic heterocycles. The second kappa shape index (κ2) is 8.32. The minimum absolute atomic E-state index is 0. The van der Waals surface area contributed by atoms with E-state index in [-0.39, 0.29) is 17.8 Å². The van der Waals surface area contributed by atoms with Gasteiger partial charge in [0.15, 0.2) is 0 Å². The van der Waals surface area contributed by atoms with Gasteiger partial charge in [0.05, 0.1) is 4.90 Å². The van der Waals surface area contributed by atoms with Crippen LogP contribution in [0.3, 0.4) is 0 Å². The summed E-state index contributed by atoms with van der Waals surface area (Å²) >= 11 is 0. The van der Waals surface area contributed by atoms with Crippen molar-refractivity contribution in [2.24, 2.45) is 5.41 Å². The zero-order chi connectivity index (χ0) is 17.0. The third kappa shape index (κ3) is 5.05. The van der Waals surface area contributed by atoms with Crippen molar-refractivity contribution in [3.63, 3.8) is 0 Å². The number of piperidine rings is 1. The van der Waals surface area contributed by atoms with Crippen LogP contribution >= 0.6 is 12.4 Å². The third-order valence-corrected chi connectivity index (χ3v) is 6.15. The summed E-state index contributed by atoms with van der Waals surface area (Å²) in [7, 11) is -3.50. The smallest absolute Gasteiger partial charge is 0.240 e. The fraction of sp³-hybridized carbons (Fsp3) is 0.368. The Kier molecular flexibility index (Phi) is 6.63. The molecule has 4 nitrogen and oxygen atoms in total. The molecule has 1 aliphatic heterocycles. The summed E-state index contributed by atoms with van der Waals surface area (Å²) in [6.45, 7) is 4.52. The highest BCUT2D eigenvalue weighted by atomic mass is 35.5. The van der Waals surface area contributed by atoms with Crippen molar-refractivity contribution in [3.05, 3.63) is 54.6 Å². The average Bonchev–Trinajstić information content (AvgIpc) is 2.62. The zero-order valence-corrected chi connectivity index (χ0v) is 16.0. The van der Waals surface area contributed by atoms with Crippen molar-refractivity contribution in [3.8, 4) is 11.1 Å². The lowest BCUT2D eigenvalue weighted by Crippen LogP contribution is -2.42. The summed E-state index contributed by atoms with van der Waals surface area (Å²) in [5, 5.41) is 3.32. The van der Waals surface area contributed by atoms with E-state index < -0.39 is 10.0 Å². The average molecular weight is 381 g/mol. The normalized spacial score (nSPS) is 16.8. The molecule has 6 heteroatoms. The van der Waals surface area contributed by atoms with Crippen LogP contribution in [0.1, 0.15) is 19.8 Å². The van der Waals surface area contributed by atoms with E-state index in [2.05, 4.69) is 17.0 Å². The molecule has 2 N–H and O–H groups in total. The first-order valence-electron chi connectivity index (χ1n) is 8.34. The van der Waals surface area contributed by atoms with Gasteiger partial charge < -0.3 is 5.32 Å². The first-order chi connectivity index (χ1) is 11.5. The maximum Gasteiger partial charge on any atom is 0.240 e. The monoisotopic (exact) mass is 380 g/mol. The summed E-state index contributed by atoms with van der Waals surface area (Å²) < 4.78 is 28.2. The minimum Gasteiger partial charge on any atom is -0.317 e. The van der Waals surface area contributed by atoms with Gasteiger partial charge in [-0.2, -0.15) is 0 Å². The summed E-state index contributed by atoms with van der Waals surface area (Å²) in [6, 6.07) is 16.9. The van der Waals surface area contributed by atoms with Crippen molar-refractivity contribution >= 4 is 22.4 Å². The van der Waals surface area contributed by atoms with Crippen LogP contribution in [0.5, 0.6) is 0 Å². The highest BCUT2D eigenvalue weighted by molar-refractivity contribution is 7.89. The lowest BCUT2D eigenvalue weighted by Gasteiger charge is -2.34. The van der Waals surface area contributed by atoms with Gasteiger partial charge in [0.25, 0.3) is 0 Å². The largest absolute Gasteiger partial charge is 0.317 e. The fourth-order valence-electron chi connectivity index (χ4n) is 3.03. The molecule has 1 aliphatic rings. The molecule has 3 rings (SSSR count). The molecule has 0 bridgehead atoms. The van der Waals surface area contributed by atoms with E-state index in [4.69, 9.17) is 0 Å². The molecule has 25 heavy (non-hydrogen) atoms. The summed E-state index contributed by atoms with van der Waals surface area (Å²) in [5.41, 5.74) is 1.95. The lowest BCUT2D eigenvalue weighted by molar-refractivity contribution is 0.232. The lowest BCUT2D eigenvalue weighted by atomic mass is 9.81. The standard InChI is InChI=1S/C19H24N2O2S.ClH/c1-19(10-12-20-13-11-19)15-21-24(22,23)18-9-5-8-17(14-18)16-6-3-2-4-7-16;/h2-9,14,20-21H,10-13,15H2,1H3;1H. The van der Waals surface area contributed by atoms with Gasteiger partial charge in [-0.3, -0.25) is 0 Å². The fourth-order valence-corrected chi connectivity index (χ4v) is 4.28. The minimum atomic E-state index is -3.50. The highest BCUT2D eigenvalue weighted by Gasteiger charge is 2.28. The quantitative estimate of drug-likeness (QED) is 0.835. The van der Waals surface area contributed by atoms with Crippen LogP contribution in [0.15, 0.2) is 59.5 Å².